The molecule has 0 bridgehead atoms. The van der Waals surface area contributed by atoms with Gasteiger partial charge in [0.2, 0.25) is 5.91 Å². The molecule has 0 atom stereocenters. The molecule has 0 aliphatic heterocycles. The highest BCUT2D eigenvalue weighted by molar-refractivity contribution is 5.92. The monoisotopic (exact) mass is 294 g/mol. The van der Waals surface area contributed by atoms with Crippen molar-refractivity contribution in [2.45, 2.75) is 19.8 Å². The number of nitrogens with one attached hydrogen (secondary N) is 1. The van der Waals surface area contributed by atoms with Crippen LogP contribution in [-0.4, -0.2) is 53.2 Å². The molecule has 0 aromatic heterocycles. The number of hydrogen-bond donors (Lipinski definition) is 3. The third-order valence-electron chi connectivity index (χ3n) is 3.06. The van der Waals surface area contributed by atoms with Crippen LogP contribution in [-0.2, 0) is 9.59 Å². The maximum Gasteiger partial charge on any atom is 0.304 e. The van der Waals surface area contributed by atoms with E-state index in [-0.39, 0.29) is 32.0 Å². The quantitative estimate of drug-likeness (QED) is 0.634. The molecule has 6 heteroatoms. The zero-order valence-corrected chi connectivity index (χ0v) is 12.2. The molecule has 1 aromatic carbocycles. The van der Waals surface area contributed by atoms with Gasteiger partial charge in [-0.25, -0.2) is 0 Å². The number of nitrogens with zero attached hydrogens (tertiary/aromatic N) is 1. The second kappa shape index (κ2) is 9.10. The molecule has 116 valence electrons. The molecule has 0 spiro atoms. The molecular formula is C15H22N2O4. The largest absolute Gasteiger partial charge is 0.481 e. The fourth-order valence-electron chi connectivity index (χ4n) is 1.92. The first-order valence-corrected chi connectivity index (χ1v) is 6.93. The molecule has 0 aliphatic carbocycles. The van der Waals surface area contributed by atoms with Gasteiger partial charge in [0.25, 0.3) is 0 Å². The zero-order chi connectivity index (χ0) is 15.7. The van der Waals surface area contributed by atoms with Crippen LogP contribution in [0.3, 0.4) is 0 Å². The highest BCUT2D eigenvalue weighted by atomic mass is 16.4. The van der Waals surface area contributed by atoms with Crippen LogP contribution in [0, 0.1) is 6.92 Å². The number of carboxylic acid groups (broad SMARTS) is 1. The maximum absolute atomic E-state index is 12.0. The number of carboxylic acids is 1. The van der Waals surface area contributed by atoms with E-state index in [1.54, 1.807) is 4.90 Å². The standard InChI is InChI=1S/C15H22N2O4/c1-12-5-2-3-6-13(12)16-14(19)11-17(8-4-10-18)9-7-15(20)21/h2-3,5-6,18H,4,7-11H2,1H3,(H,16,19)(H,20,21). The van der Waals surface area contributed by atoms with Crippen LogP contribution >= 0.6 is 0 Å². The lowest BCUT2D eigenvalue weighted by atomic mass is 10.2. The smallest absolute Gasteiger partial charge is 0.304 e. The molecule has 0 fully saturated rings. The minimum Gasteiger partial charge on any atom is -0.481 e. The van der Waals surface area contributed by atoms with Gasteiger partial charge in [-0.2, -0.15) is 0 Å². The Morgan fingerprint density at radius 1 is 1.24 bits per heavy atom. The van der Waals surface area contributed by atoms with E-state index in [0.29, 0.717) is 13.0 Å². The minimum absolute atomic E-state index is 0.0168. The first-order chi connectivity index (χ1) is 10.0. The molecule has 0 heterocycles. The van der Waals surface area contributed by atoms with E-state index in [4.69, 9.17) is 10.2 Å². The molecule has 3 N–H and O–H groups in total. The van der Waals surface area contributed by atoms with Crippen LogP contribution in [0.4, 0.5) is 5.69 Å². The number of hydrogen-bond acceptors (Lipinski definition) is 4. The second-order valence-corrected chi connectivity index (χ2v) is 4.86. The summed E-state index contributed by atoms with van der Waals surface area (Å²) in [6, 6.07) is 7.47. The van der Waals surface area contributed by atoms with E-state index in [1.807, 2.05) is 31.2 Å². The van der Waals surface area contributed by atoms with Gasteiger partial charge >= 0.3 is 5.97 Å². The van der Waals surface area contributed by atoms with Gasteiger partial charge in [-0.05, 0) is 25.0 Å². The van der Waals surface area contributed by atoms with Gasteiger partial charge in [-0.3, -0.25) is 14.5 Å². The fourth-order valence-corrected chi connectivity index (χ4v) is 1.92. The van der Waals surface area contributed by atoms with Gasteiger partial charge in [-0.15, -0.1) is 0 Å². The Bertz CT molecular complexity index is 476. The van der Waals surface area contributed by atoms with Crippen molar-refractivity contribution in [3.05, 3.63) is 29.8 Å². The lowest BCUT2D eigenvalue weighted by molar-refractivity contribution is -0.137. The summed E-state index contributed by atoms with van der Waals surface area (Å²) < 4.78 is 0. The molecule has 6 nitrogen and oxygen atoms in total. The number of aliphatic carboxylic acids is 1. The van der Waals surface area contributed by atoms with E-state index in [2.05, 4.69) is 5.32 Å². The van der Waals surface area contributed by atoms with Crippen LogP contribution in [0.15, 0.2) is 24.3 Å². The van der Waals surface area contributed by atoms with Crippen LogP contribution in [0.2, 0.25) is 0 Å². The normalized spacial score (nSPS) is 10.6. The topological polar surface area (TPSA) is 89.9 Å². The third-order valence-corrected chi connectivity index (χ3v) is 3.06. The van der Waals surface area contributed by atoms with E-state index in [1.165, 1.54) is 0 Å². The summed E-state index contributed by atoms with van der Waals surface area (Å²) in [5.41, 5.74) is 1.72. The van der Waals surface area contributed by atoms with Crippen LogP contribution in [0.5, 0.6) is 0 Å². The minimum atomic E-state index is -0.900. The van der Waals surface area contributed by atoms with Crippen molar-refractivity contribution in [3.63, 3.8) is 0 Å². The van der Waals surface area contributed by atoms with Crippen molar-refractivity contribution in [1.29, 1.82) is 0 Å². The average Bonchev–Trinajstić information content (AvgIpc) is 2.44. The van der Waals surface area contributed by atoms with Crippen LogP contribution in [0.25, 0.3) is 0 Å². The number of aryl methyl sites for hydroxylation is 1. The first-order valence-electron chi connectivity index (χ1n) is 6.93. The van der Waals surface area contributed by atoms with Gasteiger partial charge in [0.15, 0.2) is 0 Å². The Labute approximate surface area is 124 Å². The Hall–Kier alpha value is -1.92. The van der Waals surface area contributed by atoms with Gasteiger partial charge < -0.3 is 15.5 Å². The van der Waals surface area contributed by atoms with Crippen LogP contribution in [0.1, 0.15) is 18.4 Å². The van der Waals surface area contributed by atoms with Crippen molar-refractivity contribution in [2.75, 3.05) is 31.6 Å². The van der Waals surface area contributed by atoms with E-state index < -0.39 is 5.97 Å². The Morgan fingerprint density at radius 3 is 2.57 bits per heavy atom. The summed E-state index contributed by atoms with van der Waals surface area (Å²) in [6.45, 7) is 2.82. The summed E-state index contributed by atoms with van der Waals surface area (Å²) in [5.74, 6) is -1.09. The fraction of sp³-hybridized carbons (Fsp3) is 0.467. The van der Waals surface area contributed by atoms with Crippen molar-refractivity contribution < 1.29 is 19.8 Å². The second-order valence-electron chi connectivity index (χ2n) is 4.86. The highest BCUT2D eigenvalue weighted by Crippen LogP contribution is 2.12. The van der Waals surface area contributed by atoms with Crippen molar-refractivity contribution >= 4 is 17.6 Å². The van der Waals surface area contributed by atoms with E-state index in [0.717, 1.165) is 11.3 Å². The Balaban J connectivity index is 2.54. The molecule has 21 heavy (non-hydrogen) atoms. The molecule has 0 saturated heterocycles. The molecule has 0 unspecified atom stereocenters. The highest BCUT2D eigenvalue weighted by Gasteiger charge is 2.12. The first kappa shape index (κ1) is 17.1. The maximum atomic E-state index is 12.0. The SMILES string of the molecule is Cc1ccccc1NC(=O)CN(CCCO)CCC(=O)O. The summed E-state index contributed by atoms with van der Waals surface area (Å²) in [4.78, 5) is 24.4. The number of carbonyl (C=O) groups excluding carboxylic acids is 1. The lowest BCUT2D eigenvalue weighted by Gasteiger charge is -2.20. The van der Waals surface area contributed by atoms with Gasteiger partial charge in [0.05, 0.1) is 13.0 Å². The number of aliphatic hydroxyl groups excluding tert-OH is 1. The number of carbonyl (C=O) groups is 2. The predicted octanol–water partition coefficient (Wildman–Crippen LogP) is 1.09. The molecule has 0 radical (unpaired) electrons. The third kappa shape index (κ3) is 6.87. The van der Waals surface area contributed by atoms with Gasteiger partial charge in [-0.1, -0.05) is 18.2 Å². The molecule has 0 aliphatic rings. The van der Waals surface area contributed by atoms with Crippen molar-refractivity contribution in [3.8, 4) is 0 Å². The average molecular weight is 294 g/mol. The van der Waals surface area contributed by atoms with Crippen molar-refractivity contribution in [2.24, 2.45) is 0 Å². The Morgan fingerprint density at radius 2 is 1.95 bits per heavy atom. The van der Waals surface area contributed by atoms with Crippen LogP contribution < -0.4 is 5.32 Å². The zero-order valence-electron chi connectivity index (χ0n) is 12.2. The molecule has 1 aromatic rings. The van der Waals surface area contributed by atoms with E-state index in [9.17, 15) is 9.59 Å². The predicted molar refractivity (Wildman–Crippen MR) is 80.2 cm³/mol. The number of para-hydroxylation sites is 1. The summed E-state index contributed by atoms with van der Waals surface area (Å²) in [5, 5.41) is 20.4. The summed E-state index contributed by atoms with van der Waals surface area (Å²) in [7, 11) is 0. The molecule has 0 saturated carbocycles. The Kier molecular flexibility index (Phi) is 7.42. The number of aliphatic hydroxyl groups is 1. The summed E-state index contributed by atoms with van der Waals surface area (Å²) in [6.07, 6.45) is 0.486. The number of rotatable bonds is 9. The van der Waals surface area contributed by atoms with Crippen molar-refractivity contribution in [1.82, 2.24) is 4.90 Å². The number of amides is 1. The lowest BCUT2D eigenvalue weighted by Crippen LogP contribution is -2.36. The number of anilines is 1. The molecular weight excluding hydrogens is 272 g/mol. The molecule has 1 rings (SSSR count). The number of benzene rings is 1. The van der Waals surface area contributed by atoms with Gasteiger partial charge in [0, 0.05) is 25.4 Å². The molecule has 1 amide bonds. The van der Waals surface area contributed by atoms with Gasteiger partial charge in [0.1, 0.15) is 0 Å². The summed E-state index contributed by atoms with van der Waals surface area (Å²) >= 11 is 0. The van der Waals surface area contributed by atoms with E-state index >= 15 is 0 Å².